The van der Waals surface area contributed by atoms with Crippen molar-refractivity contribution in [1.82, 2.24) is 4.57 Å². The Labute approximate surface area is 286 Å². The standard InChI is InChI=1S/C38H32Cl2N2O4S/c1-4-45-37(44)33-34(26-8-6-5-7-9-26)41-38-42(35(33)27-14-12-25(13-15-27)23(2)3)36(43)32(47-38)20-24-10-18-30(19-11-24)46-22-28-16-17-29(39)21-31(28)40/h5-21,23,35H,4,22H2,1-3H3/b32-20-/t35-/m0/s1. The minimum absolute atomic E-state index is 0.195. The number of nitrogens with zero attached hydrogens (tertiary/aromatic N) is 2. The Kier molecular flexibility index (Phi) is 9.78. The fourth-order valence-corrected chi connectivity index (χ4v) is 6.89. The molecule has 1 aliphatic rings. The second-order valence-corrected chi connectivity index (χ2v) is 13.2. The van der Waals surface area contributed by atoms with Gasteiger partial charge in [0.25, 0.3) is 5.56 Å². The number of halogens is 2. The molecule has 4 aromatic carbocycles. The van der Waals surface area contributed by atoms with Crippen LogP contribution in [0.4, 0.5) is 0 Å². The number of esters is 1. The molecule has 6 rings (SSSR count). The van der Waals surface area contributed by atoms with E-state index in [-0.39, 0.29) is 12.2 Å². The van der Waals surface area contributed by atoms with Crippen LogP contribution in [0.2, 0.25) is 10.0 Å². The zero-order chi connectivity index (χ0) is 33.1. The van der Waals surface area contributed by atoms with E-state index in [4.69, 9.17) is 37.7 Å². The van der Waals surface area contributed by atoms with Crippen molar-refractivity contribution < 1.29 is 14.3 Å². The third kappa shape index (κ3) is 6.98. The van der Waals surface area contributed by atoms with E-state index in [2.05, 4.69) is 13.8 Å². The van der Waals surface area contributed by atoms with Gasteiger partial charge in [-0.05, 0) is 59.9 Å². The summed E-state index contributed by atoms with van der Waals surface area (Å²) in [6, 6.07) is 29.6. The van der Waals surface area contributed by atoms with Crippen LogP contribution in [0.5, 0.6) is 5.75 Å². The Hall–Kier alpha value is -4.43. The fourth-order valence-electron chi connectivity index (χ4n) is 5.43. The van der Waals surface area contributed by atoms with Crippen molar-refractivity contribution in [2.75, 3.05) is 6.61 Å². The Morgan fingerprint density at radius 1 is 0.979 bits per heavy atom. The van der Waals surface area contributed by atoms with Gasteiger partial charge in [0, 0.05) is 21.2 Å². The average Bonchev–Trinajstić information content (AvgIpc) is 3.38. The SMILES string of the molecule is CCOC(=O)C1=C(c2ccccc2)N=c2s/c(=C\c3ccc(OCc4ccc(Cl)cc4Cl)cc3)c(=O)n2[C@H]1c1ccc(C(C)C)cc1. The van der Waals surface area contributed by atoms with Crippen molar-refractivity contribution in [3.8, 4) is 5.75 Å². The number of rotatable bonds is 9. The summed E-state index contributed by atoms with van der Waals surface area (Å²) in [6.07, 6.45) is 1.83. The summed E-state index contributed by atoms with van der Waals surface area (Å²) < 4.78 is 13.6. The largest absolute Gasteiger partial charge is 0.489 e. The summed E-state index contributed by atoms with van der Waals surface area (Å²) >= 11 is 13.6. The Morgan fingerprint density at radius 3 is 2.36 bits per heavy atom. The number of aromatic nitrogens is 1. The second kappa shape index (κ2) is 14.1. The van der Waals surface area contributed by atoms with Gasteiger partial charge in [-0.15, -0.1) is 0 Å². The Balaban J connectivity index is 1.43. The normalized spacial score (nSPS) is 14.6. The zero-order valence-corrected chi connectivity index (χ0v) is 28.4. The molecule has 0 spiro atoms. The Morgan fingerprint density at radius 2 is 1.70 bits per heavy atom. The molecule has 0 fully saturated rings. The van der Waals surface area contributed by atoms with E-state index < -0.39 is 12.0 Å². The first-order chi connectivity index (χ1) is 22.7. The first-order valence-corrected chi connectivity index (χ1v) is 16.9. The molecular formula is C38H32Cl2N2O4S. The summed E-state index contributed by atoms with van der Waals surface area (Å²) in [4.78, 5) is 33.3. The average molecular weight is 684 g/mol. The van der Waals surface area contributed by atoms with Gasteiger partial charge < -0.3 is 9.47 Å². The molecule has 47 heavy (non-hydrogen) atoms. The molecule has 0 aliphatic carbocycles. The molecule has 5 aromatic rings. The van der Waals surface area contributed by atoms with E-state index >= 15 is 0 Å². The quantitative estimate of drug-likeness (QED) is 0.148. The minimum Gasteiger partial charge on any atom is -0.489 e. The van der Waals surface area contributed by atoms with Gasteiger partial charge in [0.1, 0.15) is 12.4 Å². The number of carbonyl (C=O) groups excluding carboxylic acids is 1. The lowest BCUT2D eigenvalue weighted by atomic mass is 9.91. The van der Waals surface area contributed by atoms with Crippen molar-refractivity contribution in [1.29, 1.82) is 0 Å². The lowest BCUT2D eigenvalue weighted by Gasteiger charge is -2.26. The predicted octanol–water partition coefficient (Wildman–Crippen LogP) is 7.94. The monoisotopic (exact) mass is 682 g/mol. The highest BCUT2D eigenvalue weighted by molar-refractivity contribution is 7.07. The van der Waals surface area contributed by atoms with E-state index in [1.54, 1.807) is 23.6 Å². The summed E-state index contributed by atoms with van der Waals surface area (Å²) in [7, 11) is 0. The first kappa shape index (κ1) is 32.5. The molecule has 0 saturated heterocycles. The van der Waals surface area contributed by atoms with Crippen molar-refractivity contribution >= 4 is 52.3 Å². The predicted molar refractivity (Wildman–Crippen MR) is 189 cm³/mol. The number of fused-ring (bicyclic) bond motifs is 1. The van der Waals surface area contributed by atoms with Crippen LogP contribution in [0.3, 0.4) is 0 Å². The number of ether oxygens (including phenoxy) is 2. The number of benzene rings is 4. The fraction of sp³-hybridized carbons (Fsp3) is 0.184. The maximum Gasteiger partial charge on any atom is 0.338 e. The van der Waals surface area contributed by atoms with E-state index in [0.717, 1.165) is 27.8 Å². The molecule has 0 radical (unpaired) electrons. The van der Waals surface area contributed by atoms with Crippen LogP contribution in [0.25, 0.3) is 11.8 Å². The molecule has 0 N–H and O–H groups in total. The lowest BCUT2D eigenvalue weighted by molar-refractivity contribution is -0.138. The van der Waals surface area contributed by atoms with E-state index in [1.165, 1.54) is 11.3 Å². The highest BCUT2D eigenvalue weighted by atomic mass is 35.5. The number of thiazole rings is 1. The third-order valence-corrected chi connectivity index (χ3v) is 9.45. The highest BCUT2D eigenvalue weighted by Gasteiger charge is 2.35. The maximum absolute atomic E-state index is 14.2. The van der Waals surface area contributed by atoms with Crippen LogP contribution in [0.1, 0.15) is 60.5 Å². The molecule has 6 nitrogen and oxygen atoms in total. The van der Waals surface area contributed by atoms with Crippen molar-refractivity contribution in [2.45, 2.75) is 39.3 Å². The van der Waals surface area contributed by atoms with Gasteiger partial charge in [0.05, 0.1) is 28.5 Å². The summed E-state index contributed by atoms with van der Waals surface area (Å²) in [5.41, 5.74) is 4.97. The molecule has 1 aromatic heterocycles. The lowest BCUT2D eigenvalue weighted by Crippen LogP contribution is -2.40. The van der Waals surface area contributed by atoms with Crippen LogP contribution in [0.15, 0.2) is 112 Å². The van der Waals surface area contributed by atoms with Gasteiger partial charge in [0.2, 0.25) is 0 Å². The smallest absolute Gasteiger partial charge is 0.338 e. The van der Waals surface area contributed by atoms with Gasteiger partial charge in [-0.25, -0.2) is 9.79 Å². The second-order valence-electron chi connectivity index (χ2n) is 11.3. The molecule has 0 amide bonds. The summed E-state index contributed by atoms with van der Waals surface area (Å²) in [6.45, 7) is 6.51. The van der Waals surface area contributed by atoms with Gasteiger partial charge in [-0.2, -0.15) is 0 Å². The highest BCUT2D eigenvalue weighted by Crippen LogP contribution is 2.35. The zero-order valence-electron chi connectivity index (χ0n) is 26.1. The van der Waals surface area contributed by atoms with Crippen LogP contribution in [-0.2, 0) is 16.1 Å². The summed E-state index contributed by atoms with van der Waals surface area (Å²) in [5, 5.41) is 1.11. The van der Waals surface area contributed by atoms with Gasteiger partial charge in [-0.1, -0.05) is 121 Å². The number of hydrogen-bond donors (Lipinski definition) is 0. The van der Waals surface area contributed by atoms with E-state index in [9.17, 15) is 9.59 Å². The van der Waals surface area contributed by atoms with Gasteiger partial charge in [0.15, 0.2) is 4.80 Å². The molecule has 238 valence electrons. The number of carbonyl (C=O) groups is 1. The molecule has 0 saturated carbocycles. The molecule has 0 unspecified atom stereocenters. The molecule has 9 heteroatoms. The van der Waals surface area contributed by atoms with Crippen LogP contribution in [-0.4, -0.2) is 17.1 Å². The van der Waals surface area contributed by atoms with Crippen molar-refractivity contribution in [2.24, 2.45) is 4.99 Å². The van der Waals surface area contributed by atoms with Crippen LogP contribution >= 0.6 is 34.5 Å². The van der Waals surface area contributed by atoms with Gasteiger partial charge in [-0.3, -0.25) is 9.36 Å². The van der Waals surface area contributed by atoms with Gasteiger partial charge >= 0.3 is 5.97 Å². The first-order valence-electron chi connectivity index (χ1n) is 15.3. The maximum atomic E-state index is 14.2. The third-order valence-electron chi connectivity index (χ3n) is 7.88. The molecule has 2 heterocycles. The van der Waals surface area contributed by atoms with E-state index in [1.807, 2.05) is 91.0 Å². The molecule has 1 atom stereocenters. The summed E-state index contributed by atoms with van der Waals surface area (Å²) in [5.74, 6) is 0.488. The van der Waals surface area contributed by atoms with E-state index in [0.29, 0.717) is 48.9 Å². The van der Waals surface area contributed by atoms with Crippen molar-refractivity contribution in [3.63, 3.8) is 0 Å². The molecule has 0 bridgehead atoms. The van der Waals surface area contributed by atoms with Crippen LogP contribution < -0.4 is 19.6 Å². The Bertz CT molecular complexity index is 2140. The number of hydrogen-bond acceptors (Lipinski definition) is 6. The topological polar surface area (TPSA) is 69.9 Å². The minimum atomic E-state index is -0.723. The van der Waals surface area contributed by atoms with Crippen molar-refractivity contribution in [3.05, 3.63) is 160 Å². The molecular weight excluding hydrogens is 651 g/mol. The molecule has 1 aliphatic heterocycles. The van der Waals surface area contributed by atoms with Crippen LogP contribution in [0, 0.1) is 0 Å².